The minimum Gasteiger partial charge on any atom is -0.508 e. The molecule has 0 bridgehead atoms. The van der Waals surface area contributed by atoms with Crippen LogP contribution in [-0.4, -0.2) is 22.8 Å². The normalized spacial score (nSPS) is 11.1. The zero-order valence-electron chi connectivity index (χ0n) is 7.68. The van der Waals surface area contributed by atoms with Crippen molar-refractivity contribution < 1.29 is 14.7 Å². The van der Waals surface area contributed by atoms with Crippen LogP contribution < -0.4 is 5.73 Å². The van der Waals surface area contributed by atoms with Crippen LogP contribution in [0, 0.1) is 0 Å². The fraction of sp³-hybridized carbons (Fsp3) is 0.111. The number of phenolic OH excluding ortho intramolecular Hbond substituents is 1. The Kier molecular flexibility index (Phi) is 3.93. The largest absolute Gasteiger partial charge is 0.508 e. The van der Waals surface area contributed by atoms with E-state index in [2.05, 4.69) is 9.99 Å². The van der Waals surface area contributed by atoms with Crippen LogP contribution in [-0.2, 0) is 9.63 Å². The molecule has 0 heterocycles. The Morgan fingerprint density at radius 1 is 1.47 bits per heavy atom. The molecule has 0 radical (unpaired) electrons. The molecule has 0 aromatic heterocycles. The van der Waals surface area contributed by atoms with E-state index in [4.69, 9.17) is 22.4 Å². The quantitative estimate of drug-likeness (QED) is 0.263. The van der Waals surface area contributed by atoms with Crippen LogP contribution in [0.15, 0.2) is 29.4 Å². The number of nitrogens with zero attached hydrogens (tertiary/aromatic N) is 1. The summed E-state index contributed by atoms with van der Waals surface area (Å²) >= 11 is 5.18. The van der Waals surface area contributed by atoms with Crippen molar-refractivity contribution in [3.8, 4) is 5.75 Å². The highest BCUT2D eigenvalue weighted by atomic mass is 35.5. The number of halogens is 1. The van der Waals surface area contributed by atoms with Gasteiger partial charge in [-0.05, 0) is 24.3 Å². The molecule has 0 fully saturated rings. The summed E-state index contributed by atoms with van der Waals surface area (Å²) in [5.74, 6) is -0.817. The predicted molar refractivity (Wildman–Crippen MR) is 55.6 cm³/mol. The second-order valence-corrected chi connectivity index (χ2v) is 2.89. The molecule has 0 saturated carbocycles. The van der Waals surface area contributed by atoms with Crippen LogP contribution in [0.3, 0.4) is 0 Å². The Labute approximate surface area is 91.1 Å². The summed E-state index contributed by atoms with van der Waals surface area (Å²) < 4.78 is 0. The van der Waals surface area contributed by atoms with E-state index in [9.17, 15) is 4.79 Å². The summed E-state index contributed by atoms with van der Waals surface area (Å²) in [7, 11) is 0. The molecule has 0 atom stereocenters. The number of nitrogens with two attached hydrogens (primary N) is 1. The first kappa shape index (κ1) is 11.3. The van der Waals surface area contributed by atoms with E-state index in [1.165, 1.54) is 12.1 Å². The van der Waals surface area contributed by atoms with Gasteiger partial charge in [-0.1, -0.05) is 5.16 Å². The maximum absolute atomic E-state index is 10.6. The fourth-order valence-corrected chi connectivity index (χ4v) is 0.858. The van der Waals surface area contributed by atoms with Crippen molar-refractivity contribution in [2.75, 3.05) is 5.88 Å². The number of hydrogen-bond acceptors (Lipinski definition) is 4. The number of alkyl halides is 1. The molecule has 80 valence electrons. The average Bonchev–Trinajstić information content (AvgIpc) is 2.26. The molecular formula is C9H9ClN2O3. The van der Waals surface area contributed by atoms with Gasteiger partial charge in [0.1, 0.15) is 11.6 Å². The minimum absolute atomic E-state index is 0.0356. The van der Waals surface area contributed by atoms with Crippen molar-refractivity contribution in [3.05, 3.63) is 29.8 Å². The molecule has 0 aliphatic rings. The Morgan fingerprint density at radius 3 is 2.60 bits per heavy atom. The van der Waals surface area contributed by atoms with Gasteiger partial charge >= 0.3 is 5.97 Å². The Balaban J connectivity index is 2.71. The Hall–Kier alpha value is -1.75. The topological polar surface area (TPSA) is 84.9 Å². The average molecular weight is 229 g/mol. The number of phenols is 1. The number of aromatic hydroxyl groups is 1. The van der Waals surface area contributed by atoms with E-state index in [0.717, 1.165) is 0 Å². The molecule has 1 rings (SSSR count). The summed E-state index contributed by atoms with van der Waals surface area (Å²) in [6.45, 7) is 0. The van der Waals surface area contributed by atoms with E-state index < -0.39 is 5.97 Å². The van der Waals surface area contributed by atoms with Crippen LogP contribution in [0.1, 0.15) is 5.56 Å². The summed E-state index contributed by atoms with van der Waals surface area (Å²) in [6.07, 6.45) is 0. The molecular weight excluding hydrogens is 220 g/mol. The van der Waals surface area contributed by atoms with Gasteiger partial charge in [-0.2, -0.15) is 0 Å². The van der Waals surface area contributed by atoms with Gasteiger partial charge in [0.05, 0.1) is 0 Å². The Bertz CT molecular complexity index is 375. The number of carbonyl (C=O) groups is 1. The first-order chi connectivity index (χ1) is 7.13. The lowest BCUT2D eigenvalue weighted by atomic mass is 10.2. The highest BCUT2D eigenvalue weighted by Crippen LogP contribution is 2.09. The predicted octanol–water partition coefficient (Wildman–Crippen LogP) is 0.794. The second-order valence-electron chi connectivity index (χ2n) is 2.62. The van der Waals surface area contributed by atoms with Crippen LogP contribution in [0.4, 0.5) is 0 Å². The van der Waals surface area contributed by atoms with Crippen molar-refractivity contribution in [3.63, 3.8) is 0 Å². The summed E-state index contributed by atoms with van der Waals surface area (Å²) in [5.41, 5.74) is 6.03. The zero-order chi connectivity index (χ0) is 11.3. The van der Waals surface area contributed by atoms with Gasteiger partial charge < -0.3 is 15.7 Å². The number of oxime groups is 1. The van der Waals surface area contributed by atoms with E-state index in [1.54, 1.807) is 12.1 Å². The van der Waals surface area contributed by atoms with Gasteiger partial charge in [0, 0.05) is 5.56 Å². The number of benzene rings is 1. The second kappa shape index (κ2) is 5.21. The molecule has 0 amide bonds. The highest BCUT2D eigenvalue weighted by molar-refractivity contribution is 6.26. The van der Waals surface area contributed by atoms with Crippen LogP contribution in [0.2, 0.25) is 0 Å². The molecule has 0 saturated heterocycles. The zero-order valence-corrected chi connectivity index (χ0v) is 8.44. The van der Waals surface area contributed by atoms with E-state index >= 15 is 0 Å². The summed E-state index contributed by atoms with van der Waals surface area (Å²) in [4.78, 5) is 15.0. The fourth-order valence-electron chi connectivity index (χ4n) is 0.809. The van der Waals surface area contributed by atoms with Crippen molar-refractivity contribution in [1.29, 1.82) is 0 Å². The molecule has 0 spiro atoms. The lowest BCUT2D eigenvalue weighted by Gasteiger charge is -1.99. The van der Waals surface area contributed by atoms with Crippen LogP contribution in [0.25, 0.3) is 0 Å². The molecule has 5 nitrogen and oxygen atoms in total. The molecule has 0 aliphatic heterocycles. The third kappa shape index (κ3) is 3.47. The van der Waals surface area contributed by atoms with Crippen molar-refractivity contribution >= 4 is 23.4 Å². The first-order valence-electron chi connectivity index (χ1n) is 4.02. The molecule has 1 aromatic rings. The summed E-state index contributed by atoms with van der Waals surface area (Å²) in [5, 5.41) is 12.4. The van der Waals surface area contributed by atoms with Gasteiger partial charge in [-0.25, -0.2) is 4.79 Å². The number of rotatable bonds is 3. The molecule has 0 aliphatic carbocycles. The number of amidine groups is 1. The molecule has 6 heteroatoms. The van der Waals surface area contributed by atoms with Gasteiger partial charge in [0.25, 0.3) is 0 Å². The van der Waals surface area contributed by atoms with Gasteiger partial charge in [0.15, 0.2) is 5.84 Å². The molecule has 0 unspecified atom stereocenters. The van der Waals surface area contributed by atoms with E-state index in [0.29, 0.717) is 5.56 Å². The first-order valence-corrected chi connectivity index (χ1v) is 4.55. The monoisotopic (exact) mass is 228 g/mol. The van der Waals surface area contributed by atoms with Crippen LogP contribution in [0.5, 0.6) is 5.75 Å². The SMILES string of the molecule is N/C(=N\OC(=O)CCl)c1ccc(O)cc1. The lowest BCUT2D eigenvalue weighted by Crippen LogP contribution is -2.15. The molecule has 15 heavy (non-hydrogen) atoms. The van der Waals surface area contributed by atoms with Crippen LogP contribution >= 0.6 is 11.6 Å². The van der Waals surface area contributed by atoms with Gasteiger partial charge in [-0.3, -0.25) is 0 Å². The van der Waals surface area contributed by atoms with Gasteiger partial charge in [0.2, 0.25) is 0 Å². The van der Waals surface area contributed by atoms with Crippen molar-refractivity contribution in [2.45, 2.75) is 0 Å². The van der Waals surface area contributed by atoms with Gasteiger partial charge in [-0.15, -0.1) is 11.6 Å². The Morgan fingerprint density at radius 2 is 2.07 bits per heavy atom. The minimum atomic E-state index is -0.682. The highest BCUT2D eigenvalue weighted by Gasteiger charge is 2.02. The molecule has 3 N–H and O–H groups in total. The number of hydrogen-bond donors (Lipinski definition) is 2. The van der Waals surface area contributed by atoms with Crippen molar-refractivity contribution in [1.82, 2.24) is 0 Å². The standard InChI is InChI=1S/C9H9ClN2O3/c10-5-8(14)15-12-9(11)6-1-3-7(13)4-2-6/h1-4,13H,5H2,(H2,11,12). The van der Waals surface area contributed by atoms with Crippen molar-refractivity contribution in [2.24, 2.45) is 10.9 Å². The smallest absolute Gasteiger partial charge is 0.349 e. The maximum Gasteiger partial charge on any atom is 0.349 e. The van der Waals surface area contributed by atoms with E-state index in [1.807, 2.05) is 0 Å². The molecule has 1 aromatic carbocycles. The summed E-state index contributed by atoms with van der Waals surface area (Å²) in [6, 6.07) is 5.98. The third-order valence-electron chi connectivity index (χ3n) is 1.52. The maximum atomic E-state index is 10.6. The lowest BCUT2D eigenvalue weighted by molar-refractivity contribution is -0.140. The number of carbonyl (C=O) groups excluding carboxylic acids is 1. The van der Waals surface area contributed by atoms with E-state index in [-0.39, 0.29) is 17.5 Å². The third-order valence-corrected chi connectivity index (χ3v) is 1.74.